The number of halogens is 1. The maximum atomic E-state index is 6.06. The van der Waals surface area contributed by atoms with E-state index in [0.717, 1.165) is 30.9 Å². The minimum atomic E-state index is 0.299. The smallest absolute Gasteiger partial charge is 0.188 e. The van der Waals surface area contributed by atoms with Gasteiger partial charge in [0, 0.05) is 31.2 Å². The van der Waals surface area contributed by atoms with E-state index in [1.54, 1.807) is 14.2 Å². The lowest BCUT2D eigenvalue weighted by Crippen LogP contribution is -2.41. The Kier molecular flexibility index (Phi) is 4.37. The summed E-state index contributed by atoms with van der Waals surface area (Å²) in [6, 6.07) is 5.95. The number of hydrogen-bond acceptors (Lipinski definition) is 3. The van der Waals surface area contributed by atoms with Gasteiger partial charge in [-0.05, 0) is 24.6 Å². The second-order valence-corrected chi connectivity index (χ2v) is 4.94. The molecule has 0 radical (unpaired) electrons. The van der Waals surface area contributed by atoms with Crippen LogP contribution in [0.15, 0.2) is 23.2 Å². The molecule has 0 amide bonds. The zero-order valence-electron chi connectivity index (χ0n) is 11.2. The predicted molar refractivity (Wildman–Crippen MR) is 79.3 cm³/mol. The first-order chi connectivity index (χ1) is 9.13. The number of hydrogen-bond donors (Lipinski definition) is 2. The highest BCUT2D eigenvalue weighted by Crippen LogP contribution is 2.33. The summed E-state index contributed by atoms with van der Waals surface area (Å²) in [5, 5.41) is 3.90. The van der Waals surface area contributed by atoms with Gasteiger partial charge in [0.25, 0.3) is 0 Å². The molecule has 0 aliphatic carbocycles. The summed E-state index contributed by atoms with van der Waals surface area (Å²) < 4.78 is 5.38. The molecular weight excluding hydrogens is 264 g/mol. The second-order valence-electron chi connectivity index (χ2n) is 4.50. The Balaban J connectivity index is 2.10. The maximum Gasteiger partial charge on any atom is 0.188 e. The van der Waals surface area contributed by atoms with Gasteiger partial charge in [-0.2, -0.15) is 0 Å². The third-order valence-corrected chi connectivity index (χ3v) is 3.50. The van der Waals surface area contributed by atoms with Gasteiger partial charge in [-0.1, -0.05) is 11.6 Å². The van der Waals surface area contributed by atoms with Gasteiger partial charge in [0.15, 0.2) is 5.96 Å². The fourth-order valence-corrected chi connectivity index (χ4v) is 2.45. The number of ether oxygens (including phenoxy) is 1. The van der Waals surface area contributed by atoms with Crippen LogP contribution in [0, 0.1) is 0 Å². The van der Waals surface area contributed by atoms with E-state index in [1.807, 2.05) is 18.2 Å². The van der Waals surface area contributed by atoms with Gasteiger partial charge in [0.05, 0.1) is 12.8 Å². The maximum absolute atomic E-state index is 6.06. The molecule has 3 N–H and O–H groups in total. The van der Waals surface area contributed by atoms with Crippen LogP contribution in [0.5, 0.6) is 5.75 Å². The summed E-state index contributed by atoms with van der Waals surface area (Å²) in [5.74, 6) is 1.31. The highest BCUT2D eigenvalue weighted by Gasteiger charge is 2.25. The molecule has 2 rings (SSSR count). The lowest BCUT2D eigenvalue weighted by atomic mass is 10.2. The van der Waals surface area contributed by atoms with Gasteiger partial charge in [-0.3, -0.25) is 4.99 Å². The molecule has 1 aliphatic heterocycles. The summed E-state index contributed by atoms with van der Waals surface area (Å²) in [7, 11) is 3.34. The Labute approximate surface area is 118 Å². The molecule has 104 valence electrons. The molecule has 6 heteroatoms. The molecule has 1 heterocycles. The number of methoxy groups -OCH3 is 1. The molecular formula is C13H19ClN4O. The largest absolute Gasteiger partial charge is 0.495 e. The van der Waals surface area contributed by atoms with Crippen molar-refractivity contribution in [2.75, 3.05) is 32.1 Å². The first kappa shape index (κ1) is 13.8. The van der Waals surface area contributed by atoms with Crippen molar-refractivity contribution in [3.8, 4) is 5.75 Å². The van der Waals surface area contributed by atoms with Crippen LogP contribution in [0.1, 0.15) is 6.42 Å². The van der Waals surface area contributed by atoms with Crippen molar-refractivity contribution >= 4 is 23.2 Å². The van der Waals surface area contributed by atoms with Crippen molar-refractivity contribution in [1.29, 1.82) is 0 Å². The van der Waals surface area contributed by atoms with E-state index >= 15 is 0 Å². The molecule has 0 saturated carbocycles. The third-order valence-electron chi connectivity index (χ3n) is 3.26. The molecule has 1 atom stereocenters. The van der Waals surface area contributed by atoms with Crippen LogP contribution in [-0.4, -0.2) is 39.2 Å². The zero-order valence-corrected chi connectivity index (χ0v) is 11.9. The van der Waals surface area contributed by atoms with Gasteiger partial charge >= 0.3 is 0 Å². The Morgan fingerprint density at radius 2 is 2.37 bits per heavy atom. The zero-order chi connectivity index (χ0) is 13.8. The molecule has 1 saturated heterocycles. The van der Waals surface area contributed by atoms with Crippen molar-refractivity contribution in [3.05, 3.63) is 23.2 Å². The summed E-state index contributed by atoms with van der Waals surface area (Å²) in [4.78, 5) is 6.16. The van der Waals surface area contributed by atoms with Crippen LogP contribution in [-0.2, 0) is 0 Å². The Morgan fingerprint density at radius 1 is 1.58 bits per heavy atom. The summed E-state index contributed by atoms with van der Waals surface area (Å²) in [6.07, 6.45) is 1.01. The Hall–Kier alpha value is -1.62. The molecule has 0 bridgehead atoms. The van der Waals surface area contributed by atoms with E-state index in [0.29, 0.717) is 17.0 Å². The number of anilines is 1. The van der Waals surface area contributed by atoms with Crippen LogP contribution in [0.3, 0.4) is 0 Å². The lowest BCUT2D eigenvalue weighted by molar-refractivity contribution is 0.415. The van der Waals surface area contributed by atoms with E-state index in [2.05, 4.69) is 15.2 Å². The van der Waals surface area contributed by atoms with Crippen molar-refractivity contribution < 1.29 is 4.74 Å². The summed E-state index contributed by atoms with van der Waals surface area (Å²) >= 11 is 6.06. The number of aliphatic imine (C=N–C) groups is 1. The minimum absolute atomic E-state index is 0.299. The van der Waals surface area contributed by atoms with Crippen LogP contribution in [0.2, 0.25) is 5.02 Å². The van der Waals surface area contributed by atoms with Gasteiger partial charge in [-0.15, -0.1) is 0 Å². The summed E-state index contributed by atoms with van der Waals surface area (Å²) in [5.41, 5.74) is 6.71. The molecule has 1 aromatic carbocycles. The normalized spacial score (nSPS) is 19.6. The van der Waals surface area contributed by atoms with Gasteiger partial charge in [0.2, 0.25) is 0 Å². The van der Waals surface area contributed by atoms with Gasteiger partial charge < -0.3 is 20.7 Å². The monoisotopic (exact) mass is 282 g/mol. The topological polar surface area (TPSA) is 62.9 Å². The lowest BCUT2D eigenvalue weighted by Gasteiger charge is -2.21. The quantitative estimate of drug-likeness (QED) is 0.651. The van der Waals surface area contributed by atoms with Crippen molar-refractivity contribution in [1.82, 2.24) is 5.32 Å². The van der Waals surface area contributed by atoms with Gasteiger partial charge in [-0.25, -0.2) is 0 Å². The number of rotatable bonds is 3. The molecule has 5 nitrogen and oxygen atoms in total. The first-order valence-corrected chi connectivity index (χ1v) is 6.59. The van der Waals surface area contributed by atoms with Crippen molar-refractivity contribution in [3.63, 3.8) is 0 Å². The number of nitrogens with two attached hydrogens (primary N) is 1. The predicted octanol–water partition coefficient (Wildman–Crippen LogP) is 1.46. The number of nitrogens with zero attached hydrogens (tertiary/aromatic N) is 2. The first-order valence-electron chi connectivity index (χ1n) is 6.21. The van der Waals surface area contributed by atoms with E-state index in [9.17, 15) is 0 Å². The fraction of sp³-hybridized carbons (Fsp3) is 0.462. The average molecular weight is 283 g/mol. The standard InChI is InChI=1S/C13H19ClN4O/c1-16-13(15)17-10-5-6-18(8-10)11-7-9(14)3-4-12(11)19-2/h3-4,7,10H,5-6,8H2,1-2H3,(H3,15,16,17). The van der Waals surface area contributed by atoms with Crippen LogP contribution in [0.25, 0.3) is 0 Å². The molecule has 1 aromatic rings. The molecule has 19 heavy (non-hydrogen) atoms. The second kappa shape index (κ2) is 6.02. The molecule has 0 spiro atoms. The third kappa shape index (κ3) is 3.23. The molecule has 0 aromatic heterocycles. The van der Waals surface area contributed by atoms with E-state index in [-0.39, 0.29) is 0 Å². The fourth-order valence-electron chi connectivity index (χ4n) is 2.28. The van der Waals surface area contributed by atoms with E-state index < -0.39 is 0 Å². The van der Waals surface area contributed by atoms with E-state index in [1.165, 1.54) is 0 Å². The SMILES string of the molecule is CN=C(N)NC1CCN(c2cc(Cl)ccc2OC)C1. The van der Waals surface area contributed by atoms with Crippen LogP contribution < -0.4 is 20.7 Å². The highest BCUT2D eigenvalue weighted by atomic mass is 35.5. The Morgan fingerprint density at radius 3 is 3.05 bits per heavy atom. The molecule has 1 fully saturated rings. The molecule has 1 unspecified atom stereocenters. The number of guanidine groups is 1. The van der Waals surface area contributed by atoms with Gasteiger partial charge in [0.1, 0.15) is 5.75 Å². The van der Waals surface area contributed by atoms with Crippen molar-refractivity contribution in [2.24, 2.45) is 10.7 Å². The number of nitrogens with one attached hydrogen (secondary N) is 1. The number of benzene rings is 1. The van der Waals surface area contributed by atoms with Crippen LogP contribution >= 0.6 is 11.6 Å². The minimum Gasteiger partial charge on any atom is -0.495 e. The van der Waals surface area contributed by atoms with E-state index in [4.69, 9.17) is 22.1 Å². The Bertz CT molecular complexity index is 478. The highest BCUT2D eigenvalue weighted by molar-refractivity contribution is 6.30. The van der Waals surface area contributed by atoms with Crippen molar-refractivity contribution in [2.45, 2.75) is 12.5 Å². The summed E-state index contributed by atoms with van der Waals surface area (Å²) in [6.45, 7) is 1.79. The average Bonchev–Trinajstić information content (AvgIpc) is 2.86. The van der Waals surface area contributed by atoms with Crippen LogP contribution in [0.4, 0.5) is 5.69 Å². The molecule has 1 aliphatic rings.